The molecule has 1 fully saturated rings. The van der Waals surface area contributed by atoms with Crippen LogP contribution in [0, 0.1) is 5.92 Å². The van der Waals surface area contributed by atoms with E-state index in [-0.39, 0.29) is 11.8 Å². The average molecular weight is 250 g/mol. The van der Waals surface area contributed by atoms with Gasteiger partial charge in [0.05, 0.1) is 13.2 Å². The minimum Gasteiger partial charge on any atom is -0.378 e. The van der Waals surface area contributed by atoms with Gasteiger partial charge < -0.3 is 15.0 Å². The highest BCUT2D eigenvalue weighted by atomic mass is 16.5. The largest absolute Gasteiger partial charge is 0.378 e. The molecule has 1 aliphatic heterocycles. The summed E-state index contributed by atoms with van der Waals surface area (Å²) >= 11 is 0. The van der Waals surface area contributed by atoms with Crippen LogP contribution < -0.4 is 10.2 Å². The molecule has 0 bridgehead atoms. The molecule has 0 saturated carbocycles. The number of aromatic nitrogens is 2. The highest BCUT2D eigenvalue weighted by Gasteiger charge is 2.14. The summed E-state index contributed by atoms with van der Waals surface area (Å²) < 4.78 is 5.29. The smallest absolute Gasteiger partial charge is 0.228 e. The molecule has 1 aliphatic rings. The molecule has 1 saturated heterocycles. The Morgan fingerprint density at radius 1 is 1.39 bits per heavy atom. The molecular weight excluding hydrogens is 232 g/mol. The number of anilines is 2. The molecule has 1 N–H and O–H groups in total. The fourth-order valence-corrected chi connectivity index (χ4v) is 1.65. The van der Waals surface area contributed by atoms with Gasteiger partial charge in [-0.1, -0.05) is 13.8 Å². The molecule has 0 aromatic carbocycles. The quantitative estimate of drug-likeness (QED) is 0.863. The fourth-order valence-electron chi connectivity index (χ4n) is 1.65. The third kappa shape index (κ3) is 3.16. The lowest BCUT2D eigenvalue weighted by atomic mass is 10.2. The molecule has 1 amide bonds. The van der Waals surface area contributed by atoms with Crippen molar-refractivity contribution in [3.8, 4) is 0 Å². The molecule has 6 heteroatoms. The van der Waals surface area contributed by atoms with Crippen molar-refractivity contribution in [2.45, 2.75) is 13.8 Å². The van der Waals surface area contributed by atoms with Gasteiger partial charge in [0, 0.05) is 25.1 Å². The van der Waals surface area contributed by atoms with Gasteiger partial charge in [0.15, 0.2) is 0 Å². The number of hydrogen-bond donors (Lipinski definition) is 1. The maximum absolute atomic E-state index is 11.6. The van der Waals surface area contributed by atoms with Crippen LogP contribution in [0.2, 0.25) is 0 Å². The number of hydrogen-bond acceptors (Lipinski definition) is 5. The molecule has 0 aliphatic carbocycles. The zero-order valence-corrected chi connectivity index (χ0v) is 10.7. The second-order valence-electron chi connectivity index (χ2n) is 4.50. The summed E-state index contributed by atoms with van der Waals surface area (Å²) in [6.07, 6.45) is 1.47. The molecule has 2 heterocycles. The van der Waals surface area contributed by atoms with Crippen molar-refractivity contribution in [3.05, 3.63) is 12.4 Å². The monoisotopic (exact) mass is 250 g/mol. The van der Waals surface area contributed by atoms with Crippen molar-refractivity contribution in [2.75, 3.05) is 36.5 Å². The van der Waals surface area contributed by atoms with E-state index < -0.39 is 0 Å². The van der Waals surface area contributed by atoms with Crippen LogP contribution in [-0.2, 0) is 9.53 Å². The van der Waals surface area contributed by atoms with Crippen LogP contribution in [0.25, 0.3) is 0 Å². The average Bonchev–Trinajstić information content (AvgIpc) is 2.40. The van der Waals surface area contributed by atoms with Gasteiger partial charge in [0.1, 0.15) is 18.0 Å². The summed E-state index contributed by atoms with van der Waals surface area (Å²) in [6.45, 7) is 6.73. The van der Waals surface area contributed by atoms with Gasteiger partial charge in [-0.05, 0) is 0 Å². The highest BCUT2D eigenvalue weighted by Crippen LogP contribution is 2.15. The third-order valence-corrected chi connectivity index (χ3v) is 2.76. The summed E-state index contributed by atoms with van der Waals surface area (Å²) in [5.41, 5.74) is 0. The van der Waals surface area contributed by atoms with Crippen molar-refractivity contribution in [3.63, 3.8) is 0 Å². The molecule has 1 aromatic rings. The SMILES string of the molecule is CC(C)C(=O)Nc1cc(N2CCOCC2)ncn1. The molecular formula is C12H18N4O2. The Hall–Kier alpha value is -1.69. The van der Waals surface area contributed by atoms with Gasteiger partial charge in [-0.25, -0.2) is 9.97 Å². The molecule has 0 radical (unpaired) electrons. The van der Waals surface area contributed by atoms with E-state index in [4.69, 9.17) is 4.74 Å². The lowest BCUT2D eigenvalue weighted by Gasteiger charge is -2.27. The molecule has 0 spiro atoms. The summed E-state index contributed by atoms with van der Waals surface area (Å²) in [4.78, 5) is 22.0. The van der Waals surface area contributed by atoms with E-state index in [1.165, 1.54) is 6.33 Å². The Morgan fingerprint density at radius 2 is 2.11 bits per heavy atom. The Bertz CT molecular complexity index is 416. The maximum Gasteiger partial charge on any atom is 0.228 e. The lowest BCUT2D eigenvalue weighted by molar-refractivity contribution is -0.118. The number of rotatable bonds is 3. The van der Waals surface area contributed by atoms with Crippen LogP contribution in [0.4, 0.5) is 11.6 Å². The molecule has 18 heavy (non-hydrogen) atoms. The maximum atomic E-state index is 11.6. The van der Waals surface area contributed by atoms with E-state index in [1.807, 2.05) is 13.8 Å². The van der Waals surface area contributed by atoms with Crippen LogP contribution in [0.15, 0.2) is 12.4 Å². The van der Waals surface area contributed by atoms with Crippen molar-refractivity contribution in [1.29, 1.82) is 0 Å². The molecule has 6 nitrogen and oxygen atoms in total. The van der Waals surface area contributed by atoms with Crippen LogP contribution in [0.1, 0.15) is 13.8 Å². The summed E-state index contributed by atoms with van der Waals surface area (Å²) in [7, 11) is 0. The first kappa shape index (κ1) is 12.8. The van der Waals surface area contributed by atoms with E-state index in [0.29, 0.717) is 19.0 Å². The highest BCUT2D eigenvalue weighted by molar-refractivity contribution is 5.91. The number of carbonyl (C=O) groups excluding carboxylic acids is 1. The Kier molecular flexibility index (Phi) is 4.09. The van der Waals surface area contributed by atoms with Crippen molar-refractivity contribution in [2.24, 2.45) is 5.92 Å². The molecule has 0 unspecified atom stereocenters. The second-order valence-corrected chi connectivity index (χ2v) is 4.50. The predicted octanol–water partition coefficient (Wildman–Crippen LogP) is 0.908. The molecule has 0 atom stereocenters. The summed E-state index contributed by atoms with van der Waals surface area (Å²) in [5.74, 6) is 1.27. The van der Waals surface area contributed by atoms with Gasteiger partial charge in [-0.3, -0.25) is 4.79 Å². The minimum absolute atomic E-state index is 0.0402. The van der Waals surface area contributed by atoms with Gasteiger partial charge in [0.2, 0.25) is 5.91 Å². The molecule has 98 valence electrons. The first-order chi connectivity index (χ1) is 8.66. The Morgan fingerprint density at radius 3 is 2.78 bits per heavy atom. The van der Waals surface area contributed by atoms with E-state index in [9.17, 15) is 4.79 Å². The molecule has 1 aromatic heterocycles. The number of amides is 1. The van der Waals surface area contributed by atoms with E-state index in [0.717, 1.165) is 18.9 Å². The summed E-state index contributed by atoms with van der Waals surface area (Å²) in [5, 5.41) is 2.77. The standard InChI is InChI=1S/C12H18N4O2/c1-9(2)12(17)15-10-7-11(14-8-13-10)16-3-5-18-6-4-16/h7-9H,3-6H2,1-2H3,(H,13,14,15,17). The van der Waals surface area contributed by atoms with Crippen LogP contribution in [-0.4, -0.2) is 42.2 Å². The normalized spacial score (nSPS) is 15.8. The van der Waals surface area contributed by atoms with E-state index >= 15 is 0 Å². The Labute approximate surface area is 106 Å². The Balaban J connectivity index is 2.07. The molecule has 2 rings (SSSR count). The lowest BCUT2D eigenvalue weighted by Crippen LogP contribution is -2.36. The van der Waals surface area contributed by atoms with Crippen LogP contribution in [0.3, 0.4) is 0 Å². The zero-order valence-electron chi connectivity index (χ0n) is 10.7. The predicted molar refractivity (Wildman–Crippen MR) is 68.5 cm³/mol. The third-order valence-electron chi connectivity index (χ3n) is 2.76. The first-order valence-electron chi connectivity index (χ1n) is 6.12. The van der Waals surface area contributed by atoms with Crippen molar-refractivity contribution < 1.29 is 9.53 Å². The van der Waals surface area contributed by atoms with Gasteiger partial charge >= 0.3 is 0 Å². The zero-order chi connectivity index (χ0) is 13.0. The topological polar surface area (TPSA) is 67.4 Å². The van der Waals surface area contributed by atoms with Gasteiger partial charge in [-0.2, -0.15) is 0 Å². The van der Waals surface area contributed by atoms with Crippen molar-refractivity contribution >= 4 is 17.5 Å². The van der Waals surface area contributed by atoms with Gasteiger partial charge in [0.25, 0.3) is 0 Å². The fraction of sp³-hybridized carbons (Fsp3) is 0.583. The van der Waals surface area contributed by atoms with Crippen LogP contribution >= 0.6 is 0 Å². The van der Waals surface area contributed by atoms with E-state index in [2.05, 4.69) is 20.2 Å². The van der Waals surface area contributed by atoms with Gasteiger partial charge in [-0.15, -0.1) is 0 Å². The second kappa shape index (κ2) is 5.77. The minimum atomic E-state index is -0.0631. The number of nitrogens with one attached hydrogen (secondary N) is 1. The first-order valence-corrected chi connectivity index (χ1v) is 6.12. The number of nitrogens with zero attached hydrogens (tertiary/aromatic N) is 3. The number of ether oxygens (including phenoxy) is 1. The number of morpholine rings is 1. The van der Waals surface area contributed by atoms with E-state index in [1.54, 1.807) is 6.07 Å². The van der Waals surface area contributed by atoms with Crippen LogP contribution in [0.5, 0.6) is 0 Å². The summed E-state index contributed by atoms with van der Waals surface area (Å²) in [6, 6.07) is 1.80. The van der Waals surface area contributed by atoms with Crippen molar-refractivity contribution in [1.82, 2.24) is 9.97 Å². The number of carbonyl (C=O) groups is 1.